The predicted octanol–water partition coefficient (Wildman–Crippen LogP) is 4.23. The Balaban J connectivity index is 3.38. The van der Waals surface area contributed by atoms with Gasteiger partial charge in [-0.15, -0.1) is 0 Å². The minimum atomic E-state index is 0.787. The van der Waals surface area contributed by atoms with E-state index in [-0.39, 0.29) is 0 Å². The van der Waals surface area contributed by atoms with Crippen LogP contribution in [0.4, 0.5) is 0 Å². The molecule has 0 rings (SSSR count). The van der Waals surface area contributed by atoms with Gasteiger partial charge >= 0.3 is 0 Å². The van der Waals surface area contributed by atoms with Gasteiger partial charge in [0.05, 0.1) is 6.61 Å². The van der Waals surface area contributed by atoms with Crippen molar-refractivity contribution in [2.75, 3.05) is 6.61 Å². The van der Waals surface area contributed by atoms with Gasteiger partial charge in [0.25, 0.3) is 0 Å². The van der Waals surface area contributed by atoms with E-state index in [1.54, 1.807) is 12.2 Å². The molecule has 1 heteroatoms. The molecule has 0 aliphatic rings. The van der Waals surface area contributed by atoms with Crippen LogP contribution >= 0.6 is 0 Å². The first-order valence-corrected chi connectivity index (χ1v) is 5.43. The largest absolute Gasteiger partial charge is 0.494 e. The van der Waals surface area contributed by atoms with Crippen molar-refractivity contribution in [2.45, 2.75) is 39.0 Å². The molecule has 0 N–H and O–H groups in total. The van der Waals surface area contributed by atoms with Gasteiger partial charge in [0.1, 0.15) is 5.76 Å². The van der Waals surface area contributed by atoms with Gasteiger partial charge in [-0.3, -0.25) is 0 Å². The van der Waals surface area contributed by atoms with E-state index in [1.165, 1.54) is 25.7 Å². The highest BCUT2D eigenvalue weighted by molar-refractivity contribution is 5.14. The number of allylic oxidation sites excluding steroid dienone is 3. The van der Waals surface area contributed by atoms with Crippen LogP contribution in [0, 0.1) is 0 Å². The van der Waals surface area contributed by atoms with Crippen LogP contribution < -0.4 is 0 Å². The van der Waals surface area contributed by atoms with Crippen LogP contribution in [-0.2, 0) is 4.74 Å². The third kappa shape index (κ3) is 7.66. The first kappa shape index (κ1) is 13.0. The predicted molar refractivity (Wildman–Crippen MR) is 63.2 cm³/mol. The van der Waals surface area contributed by atoms with Crippen molar-refractivity contribution in [2.24, 2.45) is 0 Å². The zero-order valence-corrected chi connectivity index (χ0v) is 9.30. The second-order valence-electron chi connectivity index (χ2n) is 3.27. The lowest BCUT2D eigenvalue weighted by Crippen LogP contribution is -1.92. The lowest BCUT2D eigenvalue weighted by molar-refractivity contribution is 0.217. The standard InChI is InChI=1S/C13H22O/c1-4-7-8-9-10-12-14-13(6-3)11-5-2/h5-6,11H,2-4,7-10,12H2,1H3. The number of ether oxygens (including phenoxy) is 1. The summed E-state index contributed by atoms with van der Waals surface area (Å²) < 4.78 is 5.48. The third-order valence-electron chi connectivity index (χ3n) is 2.00. The Morgan fingerprint density at radius 3 is 2.43 bits per heavy atom. The van der Waals surface area contributed by atoms with Gasteiger partial charge in [-0.1, -0.05) is 51.8 Å². The lowest BCUT2D eigenvalue weighted by atomic mass is 10.2. The van der Waals surface area contributed by atoms with Crippen molar-refractivity contribution in [1.29, 1.82) is 0 Å². The monoisotopic (exact) mass is 194 g/mol. The van der Waals surface area contributed by atoms with E-state index in [0.29, 0.717) is 0 Å². The van der Waals surface area contributed by atoms with Crippen LogP contribution in [0.15, 0.2) is 37.1 Å². The first-order valence-electron chi connectivity index (χ1n) is 5.43. The van der Waals surface area contributed by atoms with E-state index in [4.69, 9.17) is 4.74 Å². The topological polar surface area (TPSA) is 9.23 Å². The molecule has 0 aliphatic heterocycles. The molecule has 0 spiro atoms. The average Bonchev–Trinajstić information content (AvgIpc) is 2.21. The van der Waals surface area contributed by atoms with Crippen LogP contribution in [0.1, 0.15) is 39.0 Å². The smallest absolute Gasteiger partial charge is 0.118 e. The van der Waals surface area contributed by atoms with Crippen molar-refractivity contribution in [3.8, 4) is 0 Å². The Labute approximate surface area is 88.2 Å². The van der Waals surface area contributed by atoms with Crippen LogP contribution in [0.5, 0.6) is 0 Å². The van der Waals surface area contributed by atoms with E-state index in [9.17, 15) is 0 Å². The normalized spacial score (nSPS) is 11.1. The minimum Gasteiger partial charge on any atom is -0.494 e. The average molecular weight is 194 g/mol. The fourth-order valence-corrected chi connectivity index (χ4v) is 1.19. The summed E-state index contributed by atoms with van der Waals surface area (Å²) in [5.41, 5.74) is 0. The summed E-state index contributed by atoms with van der Waals surface area (Å²) in [5.74, 6) is 0.815. The van der Waals surface area contributed by atoms with Gasteiger partial charge in [0.2, 0.25) is 0 Å². The molecule has 1 nitrogen and oxygen atoms in total. The van der Waals surface area contributed by atoms with E-state index in [2.05, 4.69) is 20.1 Å². The highest BCUT2D eigenvalue weighted by Gasteiger charge is 1.92. The summed E-state index contributed by atoms with van der Waals surface area (Å²) in [6, 6.07) is 0. The van der Waals surface area contributed by atoms with E-state index < -0.39 is 0 Å². The summed E-state index contributed by atoms with van der Waals surface area (Å²) in [6.07, 6.45) is 11.6. The molecule has 80 valence electrons. The molecule has 0 bridgehead atoms. The SMILES string of the molecule is C=CC=C(C=C)OCCCCCCC. The second kappa shape index (κ2) is 10.1. The number of hydrogen-bond donors (Lipinski definition) is 0. The van der Waals surface area contributed by atoms with Gasteiger partial charge in [-0.25, -0.2) is 0 Å². The molecule has 0 aliphatic carbocycles. The molecule has 14 heavy (non-hydrogen) atoms. The lowest BCUT2D eigenvalue weighted by Gasteiger charge is -2.05. The summed E-state index contributed by atoms with van der Waals surface area (Å²) >= 11 is 0. The molecule has 0 unspecified atom stereocenters. The van der Waals surface area contributed by atoms with Gasteiger partial charge in [-0.05, 0) is 18.6 Å². The van der Waals surface area contributed by atoms with Crippen LogP contribution in [0.2, 0.25) is 0 Å². The summed E-state index contributed by atoms with van der Waals surface area (Å²) in [4.78, 5) is 0. The third-order valence-corrected chi connectivity index (χ3v) is 2.00. The fourth-order valence-electron chi connectivity index (χ4n) is 1.19. The zero-order chi connectivity index (χ0) is 10.6. The van der Waals surface area contributed by atoms with Crippen molar-refractivity contribution >= 4 is 0 Å². The minimum absolute atomic E-state index is 0.787. The molecule has 0 amide bonds. The molecule has 0 aromatic rings. The maximum Gasteiger partial charge on any atom is 0.118 e. The maximum absolute atomic E-state index is 5.48. The van der Waals surface area contributed by atoms with E-state index >= 15 is 0 Å². The van der Waals surface area contributed by atoms with Crippen molar-refractivity contribution < 1.29 is 4.74 Å². The molecule has 0 heterocycles. The Bertz CT molecular complexity index is 180. The van der Waals surface area contributed by atoms with Crippen LogP contribution in [0.25, 0.3) is 0 Å². The molecular formula is C13H22O. The summed E-state index contributed by atoms with van der Waals surface area (Å²) in [6.45, 7) is 10.3. The van der Waals surface area contributed by atoms with Gasteiger partial charge in [0.15, 0.2) is 0 Å². The highest BCUT2D eigenvalue weighted by atomic mass is 16.5. The number of hydrogen-bond acceptors (Lipinski definition) is 1. The molecule has 0 saturated carbocycles. The summed E-state index contributed by atoms with van der Waals surface area (Å²) in [7, 11) is 0. The van der Waals surface area contributed by atoms with Crippen molar-refractivity contribution in [3.63, 3.8) is 0 Å². The van der Waals surface area contributed by atoms with Crippen molar-refractivity contribution in [1.82, 2.24) is 0 Å². The van der Waals surface area contributed by atoms with Crippen molar-refractivity contribution in [3.05, 3.63) is 37.1 Å². The van der Waals surface area contributed by atoms with Crippen LogP contribution in [0.3, 0.4) is 0 Å². The molecule has 0 saturated heterocycles. The molecule has 0 atom stereocenters. The zero-order valence-electron chi connectivity index (χ0n) is 9.30. The molecule has 0 aromatic heterocycles. The molecule has 0 aromatic carbocycles. The molecule has 0 radical (unpaired) electrons. The maximum atomic E-state index is 5.48. The fraction of sp³-hybridized carbons (Fsp3) is 0.538. The Morgan fingerprint density at radius 2 is 1.86 bits per heavy atom. The van der Waals surface area contributed by atoms with E-state index in [1.807, 2.05) is 6.08 Å². The Hall–Kier alpha value is -0.980. The second-order valence-corrected chi connectivity index (χ2v) is 3.27. The molecule has 0 fully saturated rings. The highest BCUT2D eigenvalue weighted by Crippen LogP contribution is 2.05. The van der Waals surface area contributed by atoms with Gasteiger partial charge in [-0.2, -0.15) is 0 Å². The Morgan fingerprint density at radius 1 is 1.14 bits per heavy atom. The summed E-state index contributed by atoms with van der Waals surface area (Å²) in [5, 5.41) is 0. The van der Waals surface area contributed by atoms with Gasteiger partial charge < -0.3 is 4.74 Å². The Kier molecular flexibility index (Phi) is 9.40. The molecular weight excluding hydrogens is 172 g/mol. The van der Waals surface area contributed by atoms with Crippen LogP contribution in [-0.4, -0.2) is 6.61 Å². The first-order chi connectivity index (χ1) is 6.85. The number of rotatable bonds is 9. The van der Waals surface area contributed by atoms with Gasteiger partial charge in [0, 0.05) is 0 Å². The quantitative estimate of drug-likeness (QED) is 0.303. The van der Waals surface area contributed by atoms with E-state index in [0.717, 1.165) is 18.8 Å². The number of unbranched alkanes of at least 4 members (excludes halogenated alkanes) is 4.